The van der Waals surface area contributed by atoms with E-state index in [1.165, 1.54) is 6.42 Å². The molecule has 4 rings (SSSR count). The van der Waals surface area contributed by atoms with E-state index in [1.54, 1.807) is 23.6 Å². The van der Waals surface area contributed by atoms with Crippen LogP contribution >= 0.6 is 0 Å². The first-order valence-electron chi connectivity index (χ1n) is 11.4. The molecular weight excluding hydrogens is 406 g/mol. The summed E-state index contributed by atoms with van der Waals surface area (Å²) in [7, 11) is 0. The Morgan fingerprint density at radius 3 is 2.56 bits per heavy atom. The third-order valence-electron chi connectivity index (χ3n) is 6.27. The highest BCUT2D eigenvalue weighted by atomic mass is 16.6. The van der Waals surface area contributed by atoms with Crippen LogP contribution in [0.3, 0.4) is 0 Å². The smallest absolute Gasteiger partial charge is 0.355 e. The summed E-state index contributed by atoms with van der Waals surface area (Å²) in [6.07, 6.45) is 5.66. The second kappa shape index (κ2) is 9.42. The van der Waals surface area contributed by atoms with Gasteiger partial charge in [0.15, 0.2) is 0 Å². The number of esters is 1. The van der Waals surface area contributed by atoms with Gasteiger partial charge in [-0.2, -0.15) is 0 Å². The highest BCUT2D eigenvalue weighted by Crippen LogP contribution is 2.36. The number of nitro groups is 1. The van der Waals surface area contributed by atoms with Crippen molar-refractivity contribution in [2.24, 2.45) is 0 Å². The molecule has 1 fully saturated rings. The van der Waals surface area contributed by atoms with E-state index in [1.807, 2.05) is 43.3 Å². The van der Waals surface area contributed by atoms with Gasteiger partial charge >= 0.3 is 5.97 Å². The summed E-state index contributed by atoms with van der Waals surface area (Å²) in [5.74, 6) is -0.451. The zero-order valence-corrected chi connectivity index (χ0v) is 18.6. The van der Waals surface area contributed by atoms with Crippen molar-refractivity contribution in [3.8, 4) is 5.69 Å². The van der Waals surface area contributed by atoms with Gasteiger partial charge in [-0.15, -0.1) is 0 Å². The quantitative estimate of drug-likeness (QED) is 0.263. The van der Waals surface area contributed by atoms with Crippen molar-refractivity contribution < 1.29 is 14.5 Å². The highest BCUT2D eigenvalue weighted by Gasteiger charge is 2.27. The molecule has 0 aliphatic heterocycles. The van der Waals surface area contributed by atoms with Crippen molar-refractivity contribution >= 4 is 28.2 Å². The largest absolute Gasteiger partial charge is 0.461 e. The Morgan fingerprint density at radius 2 is 1.88 bits per heavy atom. The Labute approximate surface area is 187 Å². The number of ether oxygens (including phenoxy) is 1. The van der Waals surface area contributed by atoms with Crippen LogP contribution in [0.5, 0.6) is 0 Å². The normalized spacial score (nSPS) is 14.4. The molecule has 2 aromatic carbocycles. The number of para-hydroxylation sites is 1. The minimum Gasteiger partial charge on any atom is -0.461 e. The summed E-state index contributed by atoms with van der Waals surface area (Å²) >= 11 is 0. The molecule has 1 aliphatic rings. The fraction of sp³-hybridized carbons (Fsp3) is 0.400. The van der Waals surface area contributed by atoms with E-state index in [0.29, 0.717) is 29.7 Å². The van der Waals surface area contributed by atoms with Gasteiger partial charge in [0.1, 0.15) is 11.4 Å². The molecule has 0 N–H and O–H groups in total. The lowest BCUT2D eigenvalue weighted by Crippen LogP contribution is -2.37. The fourth-order valence-electron chi connectivity index (χ4n) is 4.85. The number of aromatic nitrogens is 1. The molecule has 3 aromatic rings. The van der Waals surface area contributed by atoms with Gasteiger partial charge in [-0.25, -0.2) is 4.79 Å². The van der Waals surface area contributed by atoms with E-state index in [4.69, 9.17) is 4.74 Å². The monoisotopic (exact) mass is 435 g/mol. The van der Waals surface area contributed by atoms with Crippen LogP contribution in [0.25, 0.3) is 16.6 Å². The molecule has 168 valence electrons. The molecule has 1 aliphatic carbocycles. The predicted molar refractivity (Wildman–Crippen MR) is 126 cm³/mol. The summed E-state index contributed by atoms with van der Waals surface area (Å²) in [5.41, 5.74) is 2.43. The van der Waals surface area contributed by atoms with Gasteiger partial charge in [0.2, 0.25) is 0 Å². The molecule has 0 spiro atoms. The SMILES string of the molecule is CCOC(=O)c1cc2ccccc2n1-c1ccc(N(CC)C2CCCCC2)c([N+](=O)[O-])c1. The van der Waals surface area contributed by atoms with Gasteiger partial charge in [-0.1, -0.05) is 37.5 Å². The zero-order valence-electron chi connectivity index (χ0n) is 18.6. The maximum Gasteiger partial charge on any atom is 0.355 e. The third-order valence-corrected chi connectivity index (χ3v) is 6.27. The van der Waals surface area contributed by atoms with Crippen molar-refractivity contribution in [3.05, 3.63) is 64.3 Å². The lowest BCUT2D eigenvalue weighted by molar-refractivity contribution is -0.384. The number of nitro benzene ring substituents is 1. The first-order chi connectivity index (χ1) is 15.5. The first kappa shape index (κ1) is 21.9. The summed E-state index contributed by atoms with van der Waals surface area (Å²) < 4.78 is 7.01. The van der Waals surface area contributed by atoms with Crippen molar-refractivity contribution in [3.63, 3.8) is 0 Å². The van der Waals surface area contributed by atoms with Crippen molar-refractivity contribution in [2.75, 3.05) is 18.1 Å². The van der Waals surface area contributed by atoms with Gasteiger partial charge in [-0.3, -0.25) is 10.1 Å². The summed E-state index contributed by atoms with van der Waals surface area (Å²) in [6.45, 7) is 4.78. The molecule has 1 aromatic heterocycles. The standard InChI is InChI=1S/C25H29N3O4/c1-3-26(19-11-6-5-7-12-19)22-15-14-20(17-23(22)28(30)31)27-21-13-9-8-10-18(21)16-24(27)25(29)32-4-2/h8-10,13-17,19H,3-7,11-12H2,1-2H3. The van der Waals surface area contributed by atoms with Crippen LogP contribution in [0.4, 0.5) is 11.4 Å². The van der Waals surface area contributed by atoms with E-state index in [9.17, 15) is 14.9 Å². The molecule has 0 atom stereocenters. The number of nitrogens with zero attached hydrogens (tertiary/aromatic N) is 3. The lowest BCUT2D eigenvalue weighted by Gasteiger charge is -2.35. The molecule has 7 nitrogen and oxygen atoms in total. The van der Waals surface area contributed by atoms with Gasteiger partial charge in [0, 0.05) is 24.0 Å². The number of benzene rings is 2. The number of hydrogen-bond donors (Lipinski definition) is 0. The fourth-order valence-corrected chi connectivity index (χ4v) is 4.85. The van der Waals surface area contributed by atoms with Crippen molar-refractivity contribution in [1.29, 1.82) is 0 Å². The van der Waals surface area contributed by atoms with E-state index in [0.717, 1.165) is 36.6 Å². The van der Waals surface area contributed by atoms with Crippen LogP contribution in [0, 0.1) is 10.1 Å². The molecular formula is C25H29N3O4. The number of fused-ring (bicyclic) bond motifs is 1. The second-order valence-electron chi connectivity index (χ2n) is 8.15. The average Bonchev–Trinajstić information content (AvgIpc) is 3.20. The second-order valence-corrected chi connectivity index (χ2v) is 8.15. The molecule has 0 radical (unpaired) electrons. The summed E-state index contributed by atoms with van der Waals surface area (Å²) in [6, 6.07) is 15.0. The Bertz CT molecular complexity index is 1130. The van der Waals surface area contributed by atoms with Crippen molar-refractivity contribution in [2.45, 2.75) is 52.0 Å². The molecule has 32 heavy (non-hydrogen) atoms. The minimum absolute atomic E-state index is 0.0579. The summed E-state index contributed by atoms with van der Waals surface area (Å²) in [5, 5.41) is 13.0. The Kier molecular flexibility index (Phi) is 6.44. The average molecular weight is 436 g/mol. The molecule has 7 heteroatoms. The van der Waals surface area contributed by atoms with Crippen LogP contribution in [-0.4, -0.2) is 34.7 Å². The minimum atomic E-state index is -0.451. The first-order valence-corrected chi connectivity index (χ1v) is 11.4. The number of carbonyl (C=O) groups excluding carboxylic acids is 1. The van der Waals surface area contributed by atoms with Gasteiger partial charge in [0.05, 0.1) is 22.7 Å². The van der Waals surface area contributed by atoms with Gasteiger partial charge in [0.25, 0.3) is 5.69 Å². The molecule has 0 amide bonds. The third kappa shape index (κ3) is 4.07. The maximum absolute atomic E-state index is 12.7. The van der Waals surface area contributed by atoms with Crippen LogP contribution in [0.1, 0.15) is 56.4 Å². The number of rotatable bonds is 7. The van der Waals surface area contributed by atoms with Crippen molar-refractivity contribution in [1.82, 2.24) is 4.57 Å². The summed E-state index contributed by atoms with van der Waals surface area (Å²) in [4.78, 5) is 26.6. The Balaban J connectivity index is 1.84. The molecule has 0 saturated heterocycles. The topological polar surface area (TPSA) is 77.6 Å². The van der Waals surface area contributed by atoms with E-state index < -0.39 is 5.97 Å². The number of carbonyl (C=O) groups is 1. The maximum atomic E-state index is 12.7. The van der Waals surface area contributed by atoms with E-state index in [-0.39, 0.29) is 17.2 Å². The molecule has 0 unspecified atom stereocenters. The Hall–Kier alpha value is -3.35. The molecule has 0 bridgehead atoms. The molecule has 1 saturated carbocycles. The number of anilines is 1. The highest BCUT2D eigenvalue weighted by molar-refractivity contribution is 5.97. The molecule has 1 heterocycles. The number of hydrogen-bond acceptors (Lipinski definition) is 5. The van der Waals surface area contributed by atoms with Crippen LogP contribution in [0.15, 0.2) is 48.5 Å². The van der Waals surface area contributed by atoms with Crippen LogP contribution < -0.4 is 4.90 Å². The van der Waals surface area contributed by atoms with Crippen LogP contribution in [0.2, 0.25) is 0 Å². The predicted octanol–water partition coefficient (Wildman–Crippen LogP) is 5.87. The van der Waals surface area contributed by atoms with E-state index >= 15 is 0 Å². The van der Waals surface area contributed by atoms with Crippen LogP contribution in [-0.2, 0) is 4.74 Å². The lowest BCUT2D eigenvalue weighted by atomic mass is 9.93. The van der Waals surface area contributed by atoms with Gasteiger partial charge in [-0.05, 0) is 51.0 Å². The van der Waals surface area contributed by atoms with E-state index in [2.05, 4.69) is 4.90 Å². The van der Waals surface area contributed by atoms with Gasteiger partial charge < -0.3 is 14.2 Å². The zero-order chi connectivity index (χ0) is 22.7. The Morgan fingerprint density at radius 1 is 1.12 bits per heavy atom.